The van der Waals surface area contributed by atoms with Gasteiger partial charge in [0.1, 0.15) is 5.82 Å². The van der Waals surface area contributed by atoms with Crippen LogP contribution >= 0.6 is 15.9 Å². The quantitative estimate of drug-likeness (QED) is 0.916. The Morgan fingerprint density at radius 2 is 1.82 bits per heavy atom. The van der Waals surface area contributed by atoms with Gasteiger partial charge in [0.25, 0.3) is 0 Å². The normalized spacial score (nSPS) is 10.5. The van der Waals surface area contributed by atoms with E-state index in [-0.39, 0.29) is 5.82 Å². The molecule has 3 heteroatoms. The first-order chi connectivity index (χ1) is 8.20. The number of benzene rings is 2. The van der Waals surface area contributed by atoms with Crippen molar-refractivity contribution in [3.05, 3.63) is 58.3 Å². The molecule has 0 fully saturated rings. The second kappa shape index (κ2) is 5.43. The lowest BCUT2D eigenvalue weighted by Gasteiger charge is -2.07. The number of nitrogens with two attached hydrogens (primary N) is 1. The number of hydrogen-bond donors (Lipinski definition) is 1. The molecule has 1 nitrogen and oxygen atoms in total. The van der Waals surface area contributed by atoms with Crippen LogP contribution in [0, 0.1) is 5.82 Å². The van der Waals surface area contributed by atoms with E-state index in [2.05, 4.69) is 15.9 Å². The summed E-state index contributed by atoms with van der Waals surface area (Å²) < 4.78 is 14.2. The van der Waals surface area contributed by atoms with Crippen molar-refractivity contribution >= 4 is 15.9 Å². The summed E-state index contributed by atoms with van der Waals surface area (Å²) in [6.07, 6.45) is 0.809. The van der Waals surface area contributed by atoms with E-state index in [1.54, 1.807) is 6.07 Å². The van der Waals surface area contributed by atoms with Gasteiger partial charge in [0.15, 0.2) is 0 Å². The summed E-state index contributed by atoms with van der Waals surface area (Å²) in [6.45, 7) is 0.602. The minimum atomic E-state index is -0.217. The van der Waals surface area contributed by atoms with E-state index in [4.69, 9.17) is 5.73 Å². The highest BCUT2D eigenvalue weighted by Gasteiger charge is 2.04. The molecule has 0 amide bonds. The van der Waals surface area contributed by atoms with Crippen molar-refractivity contribution in [2.75, 3.05) is 6.54 Å². The Balaban J connectivity index is 2.42. The van der Waals surface area contributed by atoms with Crippen molar-refractivity contribution in [2.24, 2.45) is 5.73 Å². The molecule has 17 heavy (non-hydrogen) atoms. The molecule has 0 radical (unpaired) electrons. The third kappa shape index (κ3) is 2.93. The van der Waals surface area contributed by atoms with Gasteiger partial charge in [-0.3, -0.25) is 0 Å². The van der Waals surface area contributed by atoms with Gasteiger partial charge in [-0.25, -0.2) is 4.39 Å². The molecule has 2 rings (SSSR count). The Morgan fingerprint density at radius 1 is 1.06 bits per heavy atom. The lowest BCUT2D eigenvalue weighted by Crippen LogP contribution is -2.03. The molecular weight excluding hydrogens is 281 g/mol. The molecule has 88 valence electrons. The third-order valence-corrected chi connectivity index (χ3v) is 3.39. The van der Waals surface area contributed by atoms with E-state index >= 15 is 0 Å². The standard InChI is InChI=1S/C14H13BrFN/c15-14-5-4-11(8-12(14)6-7-17)10-2-1-3-13(16)9-10/h1-5,8-9H,6-7,17H2. The van der Waals surface area contributed by atoms with Crippen LogP contribution in [0.5, 0.6) is 0 Å². The van der Waals surface area contributed by atoms with Gasteiger partial charge in [-0.1, -0.05) is 34.1 Å². The second-order valence-electron chi connectivity index (χ2n) is 3.86. The highest BCUT2D eigenvalue weighted by Crippen LogP contribution is 2.26. The minimum Gasteiger partial charge on any atom is -0.330 e. The average molecular weight is 294 g/mol. The molecule has 2 aromatic rings. The Bertz CT molecular complexity index is 525. The molecule has 0 aliphatic rings. The average Bonchev–Trinajstić information content (AvgIpc) is 2.32. The van der Waals surface area contributed by atoms with Crippen LogP contribution in [0.25, 0.3) is 11.1 Å². The zero-order chi connectivity index (χ0) is 12.3. The summed E-state index contributed by atoms with van der Waals surface area (Å²) in [4.78, 5) is 0. The lowest BCUT2D eigenvalue weighted by molar-refractivity contribution is 0.628. The zero-order valence-corrected chi connectivity index (χ0v) is 10.9. The Morgan fingerprint density at radius 3 is 2.53 bits per heavy atom. The van der Waals surface area contributed by atoms with Crippen LogP contribution in [0.2, 0.25) is 0 Å². The van der Waals surface area contributed by atoms with Crippen molar-refractivity contribution in [1.29, 1.82) is 0 Å². The van der Waals surface area contributed by atoms with Gasteiger partial charge >= 0.3 is 0 Å². The molecule has 0 aromatic heterocycles. The second-order valence-corrected chi connectivity index (χ2v) is 4.71. The first-order valence-corrected chi connectivity index (χ1v) is 6.24. The fraction of sp³-hybridized carbons (Fsp3) is 0.143. The van der Waals surface area contributed by atoms with E-state index in [9.17, 15) is 4.39 Å². The molecule has 0 bridgehead atoms. The molecule has 0 heterocycles. The number of halogens is 2. The highest BCUT2D eigenvalue weighted by atomic mass is 79.9. The maximum Gasteiger partial charge on any atom is 0.123 e. The largest absolute Gasteiger partial charge is 0.330 e. The zero-order valence-electron chi connectivity index (χ0n) is 9.29. The summed E-state index contributed by atoms with van der Waals surface area (Å²) >= 11 is 3.49. The Hall–Kier alpha value is -1.19. The van der Waals surface area contributed by atoms with E-state index in [0.717, 1.165) is 27.6 Å². The van der Waals surface area contributed by atoms with Crippen LogP contribution in [0.1, 0.15) is 5.56 Å². The van der Waals surface area contributed by atoms with Crippen LogP contribution in [-0.2, 0) is 6.42 Å². The van der Waals surface area contributed by atoms with Crippen molar-refractivity contribution in [2.45, 2.75) is 6.42 Å². The van der Waals surface area contributed by atoms with Crippen LogP contribution in [0.3, 0.4) is 0 Å². The lowest BCUT2D eigenvalue weighted by atomic mass is 10.0. The van der Waals surface area contributed by atoms with E-state index in [0.29, 0.717) is 6.54 Å². The Labute approximate surface area is 109 Å². The van der Waals surface area contributed by atoms with Gasteiger partial charge in [0.05, 0.1) is 0 Å². The van der Waals surface area contributed by atoms with E-state index < -0.39 is 0 Å². The summed E-state index contributed by atoms with van der Waals surface area (Å²) in [5, 5.41) is 0. The van der Waals surface area contributed by atoms with Gasteiger partial charge in [0.2, 0.25) is 0 Å². The van der Waals surface area contributed by atoms with Gasteiger partial charge < -0.3 is 5.73 Å². The van der Waals surface area contributed by atoms with Crippen molar-refractivity contribution in [3.8, 4) is 11.1 Å². The number of rotatable bonds is 3. The minimum absolute atomic E-state index is 0.217. The molecular formula is C14H13BrFN. The predicted octanol–water partition coefficient (Wildman–Crippen LogP) is 3.76. The first-order valence-electron chi connectivity index (χ1n) is 5.45. The molecule has 0 spiro atoms. The molecule has 2 N–H and O–H groups in total. The number of hydrogen-bond acceptors (Lipinski definition) is 1. The molecule has 2 aromatic carbocycles. The van der Waals surface area contributed by atoms with Crippen LogP contribution in [-0.4, -0.2) is 6.54 Å². The fourth-order valence-electron chi connectivity index (χ4n) is 1.77. The van der Waals surface area contributed by atoms with Gasteiger partial charge in [-0.2, -0.15) is 0 Å². The SMILES string of the molecule is NCCc1cc(-c2cccc(F)c2)ccc1Br. The summed E-state index contributed by atoms with van der Waals surface area (Å²) in [6, 6.07) is 12.6. The smallest absolute Gasteiger partial charge is 0.123 e. The molecule has 0 aliphatic carbocycles. The summed E-state index contributed by atoms with van der Waals surface area (Å²) in [5.74, 6) is -0.217. The Kier molecular flexibility index (Phi) is 3.92. The van der Waals surface area contributed by atoms with Gasteiger partial charge in [-0.15, -0.1) is 0 Å². The third-order valence-electron chi connectivity index (χ3n) is 2.62. The topological polar surface area (TPSA) is 26.0 Å². The van der Waals surface area contributed by atoms with E-state index in [1.165, 1.54) is 12.1 Å². The van der Waals surface area contributed by atoms with Crippen LogP contribution in [0.4, 0.5) is 4.39 Å². The van der Waals surface area contributed by atoms with Gasteiger partial charge in [-0.05, 0) is 53.9 Å². The monoisotopic (exact) mass is 293 g/mol. The molecule has 0 atom stereocenters. The molecule has 0 unspecified atom stereocenters. The van der Waals surface area contributed by atoms with Crippen LogP contribution < -0.4 is 5.73 Å². The van der Waals surface area contributed by atoms with Crippen molar-refractivity contribution in [3.63, 3.8) is 0 Å². The maximum absolute atomic E-state index is 13.2. The van der Waals surface area contributed by atoms with Crippen molar-refractivity contribution in [1.82, 2.24) is 0 Å². The predicted molar refractivity (Wildman–Crippen MR) is 72.3 cm³/mol. The molecule has 0 aliphatic heterocycles. The summed E-state index contributed by atoms with van der Waals surface area (Å²) in [5.41, 5.74) is 8.60. The van der Waals surface area contributed by atoms with Crippen molar-refractivity contribution < 1.29 is 4.39 Å². The molecule has 0 saturated heterocycles. The molecule has 0 saturated carbocycles. The van der Waals surface area contributed by atoms with Crippen LogP contribution in [0.15, 0.2) is 46.9 Å². The fourth-order valence-corrected chi connectivity index (χ4v) is 2.21. The summed E-state index contributed by atoms with van der Waals surface area (Å²) in [7, 11) is 0. The first kappa shape index (κ1) is 12.3. The highest BCUT2D eigenvalue weighted by molar-refractivity contribution is 9.10. The maximum atomic E-state index is 13.2. The van der Waals surface area contributed by atoms with E-state index in [1.807, 2.05) is 24.3 Å². The van der Waals surface area contributed by atoms with Gasteiger partial charge in [0, 0.05) is 4.47 Å².